The summed E-state index contributed by atoms with van der Waals surface area (Å²) in [6.45, 7) is 4.58. The maximum absolute atomic E-state index is 11.2. The van der Waals surface area contributed by atoms with Crippen molar-refractivity contribution in [3.63, 3.8) is 0 Å². The second-order valence-electron chi connectivity index (χ2n) is 3.27. The van der Waals surface area contributed by atoms with Crippen LogP contribution in [0.15, 0.2) is 0 Å². The number of methoxy groups -OCH3 is 1. The third-order valence-electron chi connectivity index (χ3n) is 1.44. The lowest BCUT2D eigenvalue weighted by atomic mass is 10.4. The van der Waals surface area contributed by atoms with Crippen LogP contribution in [-0.4, -0.2) is 48.4 Å². The molecular formula is C9H19NO3S. The van der Waals surface area contributed by atoms with E-state index in [9.17, 15) is 9.90 Å². The number of thioether (sulfide) groups is 1. The first kappa shape index (κ1) is 13.7. The summed E-state index contributed by atoms with van der Waals surface area (Å²) in [6, 6.07) is 0. The third-order valence-corrected chi connectivity index (χ3v) is 2.54. The van der Waals surface area contributed by atoms with E-state index in [4.69, 9.17) is 4.74 Å². The molecule has 1 atom stereocenters. The summed E-state index contributed by atoms with van der Waals surface area (Å²) in [5.41, 5.74) is 0. The van der Waals surface area contributed by atoms with Crippen LogP contribution in [-0.2, 0) is 9.53 Å². The number of aliphatic hydroxyl groups is 1. The van der Waals surface area contributed by atoms with Crippen LogP contribution < -0.4 is 5.32 Å². The van der Waals surface area contributed by atoms with Gasteiger partial charge in [-0.15, -0.1) is 11.8 Å². The third kappa shape index (κ3) is 8.34. The van der Waals surface area contributed by atoms with Crippen molar-refractivity contribution in [2.24, 2.45) is 0 Å². The van der Waals surface area contributed by atoms with Crippen LogP contribution in [0.4, 0.5) is 0 Å². The largest absolute Gasteiger partial charge is 0.389 e. The van der Waals surface area contributed by atoms with Crippen molar-refractivity contribution in [2.75, 3.05) is 26.0 Å². The van der Waals surface area contributed by atoms with Crippen LogP contribution >= 0.6 is 11.8 Å². The lowest BCUT2D eigenvalue weighted by Crippen LogP contribution is -2.35. The summed E-state index contributed by atoms with van der Waals surface area (Å²) >= 11 is 1.58. The molecule has 0 aliphatic heterocycles. The number of rotatable bonds is 7. The molecule has 0 saturated carbocycles. The average Bonchev–Trinajstić information content (AvgIpc) is 2.12. The first-order valence-electron chi connectivity index (χ1n) is 4.61. The Morgan fingerprint density at radius 2 is 2.21 bits per heavy atom. The Labute approximate surface area is 89.4 Å². The zero-order valence-corrected chi connectivity index (χ0v) is 9.76. The summed E-state index contributed by atoms with van der Waals surface area (Å²) < 4.78 is 4.73. The lowest BCUT2D eigenvalue weighted by molar-refractivity contribution is -0.119. The molecule has 0 heterocycles. The van der Waals surface area contributed by atoms with Crippen molar-refractivity contribution in [2.45, 2.75) is 25.2 Å². The molecule has 1 unspecified atom stereocenters. The lowest BCUT2D eigenvalue weighted by Gasteiger charge is -2.11. The van der Waals surface area contributed by atoms with Gasteiger partial charge >= 0.3 is 0 Å². The van der Waals surface area contributed by atoms with Crippen molar-refractivity contribution in [1.82, 2.24) is 5.32 Å². The van der Waals surface area contributed by atoms with Gasteiger partial charge in [0, 0.05) is 13.7 Å². The second kappa shape index (κ2) is 8.08. The molecule has 14 heavy (non-hydrogen) atoms. The van der Waals surface area contributed by atoms with E-state index < -0.39 is 6.10 Å². The van der Waals surface area contributed by atoms with Gasteiger partial charge in [0.1, 0.15) is 0 Å². The number of carbonyl (C=O) groups is 1. The van der Waals surface area contributed by atoms with Gasteiger partial charge in [-0.05, 0) is 5.25 Å². The van der Waals surface area contributed by atoms with Crippen LogP contribution in [0.3, 0.4) is 0 Å². The number of nitrogens with one attached hydrogen (secondary N) is 1. The van der Waals surface area contributed by atoms with Gasteiger partial charge in [0.2, 0.25) is 5.91 Å². The van der Waals surface area contributed by atoms with E-state index in [1.165, 1.54) is 7.11 Å². The molecule has 0 fully saturated rings. The summed E-state index contributed by atoms with van der Waals surface area (Å²) in [6.07, 6.45) is -0.618. The normalized spacial score (nSPS) is 12.9. The average molecular weight is 221 g/mol. The minimum absolute atomic E-state index is 0.0427. The molecule has 0 aromatic heterocycles. The number of carbonyl (C=O) groups excluding carboxylic acids is 1. The van der Waals surface area contributed by atoms with E-state index in [-0.39, 0.29) is 19.1 Å². The van der Waals surface area contributed by atoms with Crippen LogP contribution in [0.5, 0.6) is 0 Å². The Morgan fingerprint density at radius 3 is 2.71 bits per heavy atom. The molecule has 4 nitrogen and oxygen atoms in total. The Kier molecular flexibility index (Phi) is 7.93. The van der Waals surface area contributed by atoms with Gasteiger partial charge in [0.15, 0.2) is 0 Å². The van der Waals surface area contributed by atoms with Crippen molar-refractivity contribution in [3.05, 3.63) is 0 Å². The fourth-order valence-corrected chi connectivity index (χ4v) is 1.36. The van der Waals surface area contributed by atoms with Crippen molar-refractivity contribution >= 4 is 17.7 Å². The summed E-state index contributed by atoms with van der Waals surface area (Å²) in [7, 11) is 1.51. The number of hydrogen-bond acceptors (Lipinski definition) is 4. The van der Waals surface area contributed by atoms with Gasteiger partial charge in [0.25, 0.3) is 0 Å². The maximum atomic E-state index is 11.2. The molecule has 0 bridgehead atoms. The van der Waals surface area contributed by atoms with Gasteiger partial charge in [-0.2, -0.15) is 0 Å². The second-order valence-corrected chi connectivity index (χ2v) is 4.84. The molecule has 0 aliphatic carbocycles. The highest BCUT2D eigenvalue weighted by Crippen LogP contribution is 2.07. The first-order valence-corrected chi connectivity index (χ1v) is 5.66. The Morgan fingerprint density at radius 1 is 1.57 bits per heavy atom. The van der Waals surface area contributed by atoms with Crippen molar-refractivity contribution in [3.8, 4) is 0 Å². The fourth-order valence-electron chi connectivity index (χ4n) is 0.776. The quantitative estimate of drug-likeness (QED) is 0.647. The molecule has 2 N–H and O–H groups in total. The first-order chi connectivity index (χ1) is 6.56. The molecule has 0 rings (SSSR count). The Bertz CT molecular complexity index is 164. The highest BCUT2D eigenvalue weighted by molar-refractivity contribution is 8.00. The minimum atomic E-state index is -0.618. The van der Waals surface area contributed by atoms with E-state index in [1.807, 2.05) is 13.8 Å². The van der Waals surface area contributed by atoms with Crippen LogP contribution in [0.25, 0.3) is 0 Å². The van der Waals surface area contributed by atoms with Crippen LogP contribution in [0.1, 0.15) is 13.8 Å². The van der Waals surface area contributed by atoms with E-state index >= 15 is 0 Å². The topological polar surface area (TPSA) is 58.6 Å². The van der Waals surface area contributed by atoms with Gasteiger partial charge in [-0.25, -0.2) is 0 Å². The molecule has 0 aliphatic rings. The SMILES string of the molecule is COCC(O)CNC(=O)CSC(C)C. The number of aliphatic hydroxyl groups excluding tert-OH is 1. The molecule has 5 heteroatoms. The van der Waals surface area contributed by atoms with E-state index in [0.29, 0.717) is 11.0 Å². The van der Waals surface area contributed by atoms with Gasteiger partial charge in [0.05, 0.1) is 18.5 Å². The van der Waals surface area contributed by atoms with E-state index in [1.54, 1.807) is 11.8 Å². The highest BCUT2D eigenvalue weighted by atomic mass is 32.2. The maximum Gasteiger partial charge on any atom is 0.230 e. The fraction of sp³-hybridized carbons (Fsp3) is 0.889. The van der Waals surface area contributed by atoms with Crippen LogP contribution in [0.2, 0.25) is 0 Å². The summed E-state index contributed by atoms with van der Waals surface area (Å²) in [5, 5.41) is 12.3. The number of hydrogen-bond donors (Lipinski definition) is 2. The van der Waals surface area contributed by atoms with E-state index in [0.717, 1.165) is 0 Å². The molecule has 84 valence electrons. The van der Waals surface area contributed by atoms with Gasteiger partial charge in [-0.3, -0.25) is 4.79 Å². The van der Waals surface area contributed by atoms with Gasteiger partial charge in [-0.1, -0.05) is 13.8 Å². The van der Waals surface area contributed by atoms with Crippen molar-refractivity contribution < 1.29 is 14.6 Å². The summed E-state index contributed by atoms with van der Waals surface area (Å²) in [4.78, 5) is 11.2. The molecule has 0 aromatic carbocycles. The Balaban J connectivity index is 3.43. The Hall–Kier alpha value is -0.260. The molecular weight excluding hydrogens is 202 g/mol. The van der Waals surface area contributed by atoms with Gasteiger partial charge < -0.3 is 15.2 Å². The molecule has 0 radical (unpaired) electrons. The standard InChI is InChI=1S/C9H19NO3S/c1-7(2)14-6-9(12)10-4-8(11)5-13-3/h7-8,11H,4-6H2,1-3H3,(H,10,12). The predicted molar refractivity (Wildman–Crippen MR) is 58.5 cm³/mol. The monoisotopic (exact) mass is 221 g/mol. The number of ether oxygens (including phenoxy) is 1. The smallest absolute Gasteiger partial charge is 0.230 e. The summed E-state index contributed by atoms with van der Waals surface area (Å²) in [5.74, 6) is 0.399. The van der Waals surface area contributed by atoms with E-state index in [2.05, 4.69) is 5.32 Å². The molecule has 0 saturated heterocycles. The highest BCUT2D eigenvalue weighted by Gasteiger charge is 2.07. The predicted octanol–water partition coefficient (Wildman–Crippen LogP) is 0.251. The number of amides is 1. The molecule has 0 spiro atoms. The minimum Gasteiger partial charge on any atom is -0.389 e. The van der Waals surface area contributed by atoms with Crippen molar-refractivity contribution in [1.29, 1.82) is 0 Å². The zero-order valence-electron chi connectivity index (χ0n) is 8.95. The zero-order chi connectivity index (χ0) is 11.0. The van der Waals surface area contributed by atoms with Crippen LogP contribution in [0, 0.1) is 0 Å². The molecule has 1 amide bonds. The molecule has 0 aromatic rings.